The maximum atomic E-state index is 12.6. The molecule has 5 nitrogen and oxygen atoms in total. The third kappa shape index (κ3) is 3.74. The number of alkyl halides is 2. The lowest BCUT2D eigenvalue weighted by Gasteiger charge is -2.13. The van der Waals surface area contributed by atoms with Gasteiger partial charge in [0.15, 0.2) is 5.75 Å². The van der Waals surface area contributed by atoms with Crippen LogP contribution in [0.4, 0.5) is 14.5 Å². The lowest BCUT2D eigenvalue weighted by atomic mass is 10.2. The number of carbonyl (C=O) groups excluding carboxylic acids is 1. The van der Waals surface area contributed by atoms with E-state index in [1.54, 1.807) is 16.7 Å². The number of pyridine rings is 1. The largest absolute Gasteiger partial charge is 0.431 e. The summed E-state index contributed by atoms with van der Waals surface area (Å²) in [6.07, 6.45) is 1.56. The standard InChI is InChI=1S/C16H11BrClF2N3O2/c1-8-3-2-4-13-21-12(7-23(8)13)15(24)22-11-6-9(18)5-10(17)14(11)25-16(19)20/h2-7,16H,1H3,(H,22,24). The summed E-state index contributed by atoms with van der Waals surface area (Å²) in [4.78, 5) is 16.7. The fourth-order valence-electron chi connectivity index (χ4n) is 2.31. The van der Waals surface area contributed by atoms with Crippen LogP contribution in [0.5, 0.6) is 5.75 Å². The number of hydrogen-bond acceptors (Lipinski definition) is 3. The van der Waals surface area contributed by atoms with Crippen LogP contribution in [0.3, 0.4) is 0 Å². The van der Waals surface area contributed by atoms with E-state index in [4.69, 9.17) is 11.6 Å². The number of rotatable bonds is 4. The second kappa shape index (κ2) is 6.97. The predicted molar refractivity (Wildman–Crippen MR) is 93.7 cm³/mol. The van der Waals surface area contributed by atoms with E-state index in [-0.39, 0.29) is 26.6 Å². The molecule has 9 heteroatoms. The summed E-state index contributed by atoms with van der Waals surface area (Å²) in [5, 5.41) is 2.75. The Hall–Kier alpha value is -2.19. The number of carbonyl (C=O) groups is 1. The summed E-state index contributed by atoms with van der Waals surface area (Å²) in [6, 6.07) is 8.16. The number of nitrogens with zero attached hydrogens (tertiary/aromatic N) is 2. The number of ether oxygens (including phenoxy) is 1. The molecule has 3 aromatic rings. The molecule has 130 valence electrons. The third-order valence-electron chi connectivity index (χ3n) is 3.39. The molecule has 0 fully saturated rings. The first-order chi connectivity index (χ1) is 11.8. The van der Waals surface area contributed by atoms with Crippen LogP contribution in [0, 0.1) is 6.92 Å². The van der Waals surface area contributed by atoms with Crippen LogP contribution in [0.25, 0.3) is 5.65 Å². The minimum Gasteiger partial charge on any atom is -0.431 e. The predicted octanol–water partition coefficient (Wildman–Crippen LogP) is 4.91. The molecule has 0 radical (unpaired) electrons. The van der Waals surface area contributed by atoms with Crippen molar-refractivity contribution in [1.29, 1.82) is 0 Å². The Kier molecular flexibility index (Phi) is 4.91. The zero-order chi connectivity index (χ0) is 18.1. The lowest BCUT2D eigenvalue weighted by Crippen LogP contribution is -2.14. The molecule has 0 saturated heterocycles. The average molecular weight is 431 g/mol. The molecular weight excluding hydrogens is 420 g/mol. The molecule has 0 aliphatic heterocycles. The summed E-state index contributed by atoms with van der Waals surface area (Å²) in [7, 11) is 0. The van der Waals surface area contributed by atoms with Crippen molar-refractivity contribution in [3.8, 4) is 5.75 Å². The summed E-state index contributed by atoms with van der Waals surface area (Å²) >= 11 is 9.03. The van der Waals surface area contributed by atoms with Gasteiger partial charge in [-0.15, -0.1) is 0 Å². The molecule has 0 unspecified atom stereocenters. The van der Waals surface area contributed by atoms with Gasteiger partial charge in [0.2, 0.25) is 0 Å². The normalized spacial score (nSPS) is 11.1. The van der Waals surface area contributed by atoms with E-state index in [1.165, 1.54) is 12.1 Å². The van der Waals surface area contributed by atoms with Crippen molar-refractivity contribution < 1.29 is 18.3 Å². The maximum Gasteiger partial charge on any atom is 0.387 e. The minimum atomic E-state index is -3.05. The van der Waals surface area contributed by atoms with Crippen molar-refractivity contribution >= 4 is 44.8 Å². The Morgan fingerprint density at radius 2 is 2.16 bits per heavy atom. The molecule has 0 atom stereocenters. The molecule has 0 saturated carbocycles. The number of nitrogens with one attached hydrogen (secondary N) is 1. The van der Waals surface area contributed by atoms with Crippen molar-refractivity contribution in [2.45, 2.75) is 13.5 Å². The fourth-order valence-corrected chi connectivity index (χ4v) is 3.21. The lowest BCUT2D eigenvalue weighted by molar-refractivity contribution is -0.0498. The highest BCUT2D eigenvalue weighted by atomic mass is 79.9. The van der Waals surface area contributed by atoms with Gasteiger partial charge >= 0.3 is 6.61 Å². The zero-order valence-corrected chi connectivity index (χ0v) is 15.1. The number of benzene rings is 1. The van der Waals surface area contributed by atoms with Gasteiger partial charge in [0, 0.05) is 16.9 Å². The topological polar surface area (TPSA) is 55.6 Å². The first kappa shape index (κ1) is 17.6. The number of amides is 1. The highest BCUT2D eigenvalue weighted by Gasteiger charge is 2.19. The first-order valence-electron chi connectivity index (χ1n) is 7.05. The molecule has 0 spiro atoms. The zero-order valence-electron chi connectivity index (χ0n) is 12.8. The van der Waals surface area contributed by atoms with Crippen LogP contribution >= 0.6 is 27.5 Å². The van der Waals surface area contributed by atoms with Gasteiger partial charge in [0.1, 0.15) is 11.3 Å². The van der Waals surface area contributed by atoms with E-state index in [9.17, 15) is 13.6 Å². The van der Waals surface area contributed by atoms with Crippen LogP contribution in [0.1, 0.15) is 16.2 Å². The summed E-state index contributed by atoms with van der Waals surface area (Å²) in [5.41, 5.74) is 1.64. The second-order valence-electron chi connectivity index (χ2n) is 5.12. The van der Waals surface area contributed by atoms with Crippen molar-refractivity contribution in [2.75, 3.05) is 5.32 Å². The number of halogens is 4. The number of fused-ring (bicyclic) bond motifs is 1. The highest BCUT2D eigenvalue weighted by Crippen LogP contribution is 2.37. The van der Waals surface area contributed by atoms with Crippen molar-refractivity contribution in [2.24, 2.45) is 0 Å². The molecule has 1 amide bonds. The molecule has 1 aromatic carbocycles. The number of hydrogen-bond donors (Lipinski definition) is 1. The quantitative estimate of drug-likeness (QED) is 0.640. The molecule has 0 aliphatic rings. The maximum absolute atomic E-state index is 12.6. The van der Waals surface area contributed by atoms with Gasteiger partial charge in [-0.05, 0) is 47.1 Å². The number of aryl methyl sites for hydroxylation is 1. The van der Waals surface area contributed by atoms with E-state index in [0.29, 0.717) is 5.65 Å². The van der Waals surface area contributed by atoms with Crippen molar-refractivity contribution in [1.82, 2.24) is 9.38 Å². The van der Waals surface area contributed by atoms with Gasteiger partial charge in [-0.1, -0.05) is 17.7 Å². The monoisotopic (exact) mass is 429 g/mol. The van der Waals surface area contributed by atoms with Gasteiger partial charge in [-0.2, -0.15) is 8.78 Å². The number of aromatic nitrogens is 2. The molecule has 3 rings (SSSR count). The van der Waals surface area contributed by atoms with E-state index < -0.39 is 12.5 Å². The van der Waals surface area contributed by atoms with Crippen molar-refractivity contribution in [3.63, 3.8) is 0 Å². The SMILES string of the molecule is Cc1cccc2nc(C(=O)Nc3cc(Cl)cc(Br)c3OC(F)F)cn12. The van der Waals surface area contributed by atoms with Gasteiger partial charge in [0.05, 0.1) is 10.2 Å². The van der Waals surface area contributed by atoms with Crippen LogP contribution in [0.15, 0.2) is 41.0 Å². The summed E-state index contributed by atoms with van der Waals surface area (Å²) in [6.45, 7) is -1.18. The molecule has 0 bridgehead atoms. The molecule has 1 N–H and O–H groups in total. The Balaban J connectivity index is 1.95. The third-order valence-corrected chi connectivity index (χ3v) is 4.20. The van der Waals surface area contributed by atoms with E-state index in [0.717, 1.165) is 5.69 Å². The Morgan fingerprint density at radius 1 is 1.40 bits per heavy atom. The first-order valence-corrected chi connectivity index (χ1v) is 8.22. The van der Waals surface area contributed by atoms with Crippen LogP contribution in [-0.4, -0.2) is 21.9 Å². The van der Waals surface area contributed by atoms with Gasteiger partial charge in [-0.3, -0.25) is 4.79 Å². The average Bonchev–Trinajstić information content (AvgIpc) is 2.96. The Labute approximate surface area is 154 Å². The molecular formula is C16H11BrClF2N3O2. The summed E-state index contributed by atoms with van der Waals surface area (Å²) < 4.78 is 31.7. The van der Waals surface area contributed by atoms with E-state index >= 15 is 0 Å². The molecule has 25 heavy (non-hydrogen) atoms. The number of imidazole rings is 1. The molecule has 2 aromatic heterocycles. The van der Waals surface area contributed by atoms with Gasteiger partial charge in [0.25, 0.3) is 5.91 Å². The highest BCUT2D eigenvalue weighted by molar-refractivity contribution is 9.10. The van der Waals surface area contributed by atoms with E-state index in [2.05, 4.69) is 31.0 Å². The molecule has 2 heterocycles. The molecule has 0 aliphatic carbocycles. The summed E-state index contributed by atoms with van der Waals surface area (Å²) in [5.74, 6) is -0.788. The Bertz CT molecular complexity index is 962. The van der Waals surface area contributed by atoms with Crippen LogP contribution < -0.4 is 10.1 Å². The number of anilines is 1. The Morgan fingerprint density at radius 3 is 2.84 bits per heavy atom. The van der Waals surface area contributed by atoms with Crippen LogP contribution in [-0.2, 0) is 0 Å². The second-order valence-corrected chi connectivity index (χ2v) is 6.41. The van der Waals surface area contributed by atoms with Gasteiger partial charge < -0.3 is 14.5 Å². The minimum absolute atomic E-state index is 0.0125. The fraction of sp³-hybridized carbons (Fsp3) is 0.125. The van der Waals surface area contributed by atoms with E-state index in [1.807, 2.05) is 19.1 Å². The van der Waals surface area contributed by atoms with Crippen LogP contribution in [0.2, 0.25) is 5.02 Å². The van der Waals surface area contributed by atoms with Gasteiger partial charge in [-0.25, -0.2) is 4.98 Å². The smallest absolute Gasteiger partial charge is 0.387 e. The van der Waals surface area contributed by atoms with Crippen molar-refractivity contribution in [3.05, 3.63) is 57.4 Å².